The average molecular weight is 185 g/mol. The van der Waals surface area contributed by atoms with Gasteiger partial charge in [-0.15, -0.1) is 0 Å². The Morgan fingerprint density at radius 3 is 2.85 bits per heavy atom. The van der Waals surface area contributed by atoms with Gasteiger partial charge in [0, 0.05) is 6.42 Å². The Balaban J connectivity index is 2.67. The van der Waals surface area contributed by atoms with Gasteiger partial charge in [-0.1, -0.05) is 12.1 Å². The number of aryl methyl sites for hydroxylation is 1. The molecule has 0 saturated carbocycles. The van der Waals surface area contributed by atoms with Crippen LogP contribution in [0.2, 0.25) is 0 Å². The van der Waals surface area contributed by atoms with Crippen molar-refractivity contribution in [1.82, 2.24) is 10.1 Å². The summed E-state index contributed by atoms with van der Waals surface area (Å²) in [6.45, 7) is 3.62. The van der Waals surface area contributed by atoms with Crippen LogP contribution in [-0.4, -0.2) is 21.4 Å². The fraction of sp³-hybridized carbons (Fsp3) is 0.750. The Labute approximate surface area is 76.9 Å². The van der Waals surface area contributed by atoms with Crippen LogP contribution in [0.15, 0.2) is 4.52 Å². The molecule has 13 heavy (non-hydrogen) atoms. The molecule has 0 aliphatic carbocycles. The minimum Gasteiger partial charge on any atom is -0.391 e. The van der Waals surface area contributed by atoms with Gasteiger partial charge in [0.1, 0.15) is 6.04 Å². The Morgan fingerprint density at radius 1 is 1.62 bits per heavy atom. The van der Waals surface area contributed by atoms with E-state index in [4.69, 9.17) is 15.4 Å². The molecule has 0 spiro atoms. The molecule has 5 heteroatoms. The highest BCUT2D eigenvalue weighted by Gasteiger charge is 2.18. The SMILES string of the molecule is CCCc1noc([C@@H](N)[C@@H](C)O)n1. The zero-order valence-corrected chi connectivity index (χ0v) is 7.90. The Kier molecular flexibility index (Phi) is 3.39. The molecule has 0 unspecified atom stereocenters. The predicted octanol–water partition coefficient (Wildman–Crippen LogP) is 0.403. The predicted molar refractivity (Wildman–Crippen MR) is 46.9 cm³/mol. The lowest BCUT2D eigenvalue weighted by Crippen LogP contribution is -2.23. The van der Waals surface area contributed by atoms with Crippen LogP contribution in [0.5, 0.6) is 0 Å². The fourth-order valence-corrected chi connectivity index (χ4v) is 0.934. The van der Waals surface area contributed by atoms with E-state index in [2.05, 4.69) is 10.1 Å². The normalized spacial score (nSPS) is 15.7. The molecule has 0 amide bonds. The van der Waals surface area contributed by atoms with Crippen LogP contribution in [0, 0.1) is 0 Å². The van der Waals surface area contributed by atoms with Crippen molar-refractivity contribution in [2.75, 3.05) is 0 Å². The average Bonchev–Trinajstić information content (AvgIpc) is 2.52. The van der Waals surface area contributed by atoms with Crippen molar-refractivity contribution in [3.63, 3.8) is 0 Å². The molecule has 0 aliphatic rings. The van der Waals surface area contributed by atoms with Crippen molar-refractivity contribution >= 4 is 0 Å². The van der Waals surface area contributed by atoms with Gasteiger partial charge in [-0.3, -0.25) is 0 Å². The molecule has 1 rings (SSSR count). The number of nitrogens with zero attached hydrogens (tertiary/aromatic N) is 2. The second kappa shape index (κ2) is 4.34. The summed E-state index contributed by atoms with van der Waals surface area (Å²) in [5.41, 5.74) is 5.60. The molecule has 0 radical (unpaired) electrons. The first-order valence-corrected chi connectivity index (χ1v) is 4.41. The molecule has 0 bridgehead atoms. The minimum absolute atomic E-state index is 0.304. The van der Waals surface area contributed by atoms with Gasteiger partial charge in [0.2, 0.25) is 5.89 Å². The first kappa shape index (κ1) is 10.1. The smallest absolute Gasteiger partial charge is 0.246 e. The van der Waals surface area contributed by atoms with E-state index >= 15 is 0 Å². The molecule has 0 saturated heterocycles. The molecule has 5 nitrogen and oxygen atoms in total. The summed E-state index contributed by atoms with van der Waals surface area (Å²) in [5, 5.41) is 12.9. The molecule has 0 fully saturated rings. The van der Waals surface area contributed by atoms with E-state index in [0.29, 0.717) is 11.7 Å². The van der Waals surface area contributed by atoms with Gasteiger partial charge in [-0.2, -0.15) is 4.98 Å². The monoisotopic (exact) mass is 185 g/mol. The zero-order valence-electron chi connectivity index (χ0n) is 7.90. The summed E-state index contributed by atoms with van der Waals surface area (Å²) < 4.78 is 4.89. The van der Waals surface area contributed by atoms with Gasteiger partial charge in [0.05, 0.1) is 6.10 Å². The van der Waals surface area contributed by atoms with Gasteiger partial charge < -0.3 is 15.4 Å². The van der Waals surface area contributed by atoms with Gasteiger partial charge in [0.25, 0.3) is 0 Å². The van der Waals surface area contributed by atoms with Gasteiger partial charge >= 0.3 is 0 Å². The number of aliphatic hydroxyl groups is 1. The Morgan fingerprint density at radius 2 is 2.31 bits per heavy atom. The molecule has 74 valence electrons. The largest absolute Gasteiger partial charge is 0.391 e. The van der Waals surface area contributed by atoms with Crippen molar-refractivity contribution in [2.24, 2.45) is 5.73 Å². The molecular formula is C8H15N3O2. The van der Waals surface area contributed by atoms with E-state index in [0.717, 1.165) is 12.8 Å². The molecule has 1 heterocycles. The van der Waals surface area contributed by atoms with Crippen LogP contribution < -0.4 is 5.73 Å². The third kappa shape index (κ3) is 2.50. The maximum atomic E-state index is 9.16. The second-order valence-corrected chi connectivity index (χ2v) is 3.07. The highest BCUT2D eigenvalue weighted by molar-refractivity contribution is 4.93. The maximum Gasteiger partial charge on any atom is 0.246 e. The molecule has 1 aromatic rings. The Bertz CT molecular complexity index is 260. The second-order valence-electron chi connectivity index (χ2n) is 3.07. The van der Waals surface area contributed by atoms with Crippen molar-refractivity contribution in [1.29, 1.82) is 0 Å². The third-order valence-electron chi connectivity index (χ3n) is 1.76. The van der Waals surface area contributed by atoms with Crippen LogP contribution >= 0.6 is 0 Å². The summed E-state index contributed by atoms with van der Waals surface area (Å²) >= 11 is 0. The van der Waals surface area contributed by atoms with E-state index in [1.54, 1.807) is 6.92 Å². The summed E-state index contributed by atoms with van der Waals surface area (Å²) in [5.74, 6) is 0.951. The molecule has 0 aliphatic heterocycles. The molecular weight excluding hydrogens is 170 g/mol. The molecule has 0 aromatic carbocycles. The first-order chi connectivity index (χ1) is 6.15. The summed E-state index contributed by atoms with van der Waals surface area (Å²) in [6, 6.07) is -0.585. The van der Waals surface area contributed by atoms with E-state index in [1.807, 2.05) is 6.92 Å². The quantitative estimate of drug-likeness (QED) is 0.709. The van der Waals surface area contributed by atoms with Gasteiger partial charge in [-0.25, -0.2) is 0 Å². The first-order valence-electron chi connectivity index (χ1n) is 4.41. The lowest BCUT2D eigenvalue weighted by Gasteiger charge is -2.08. The summed E-state index contributed by atoms with van der Waals surface area (Å²) in [7, 11) is 0. The number of rotatable bonds is 4. The highest BCUT2D eigenvalue weighted by Crippen LogP contribution is 2.11. The standard InChI is InChI=1S/C8H15N3O2/c1-3-4-6-10-8(13-11-6)7(9)5(2)12/h5,7,12H,3-4,9H2,1-2H3/t5-,7+/m1/s1. The number of hydrogen-bond donors (Lipinski definition) is 2. The van der Waals surface area contributed by atoms with Crippen LogP contribution in [-0.2, 0) is 6.42 Å². The van der Waals surface area contributed by atoms with Crippen molar-refractivity contribution in [3.8, 4) is 0 Å². The van der Waals surface area contributed by atoms with Crippen molar-refractivity contribution in [2.45, 2.75) is 38.8 Å². The van der Waals surface area contributed by atoms with Crippen molar-refractivity contribution < 1.29 is 9.63 Å². The van der Waals surface area contributed by atoms with E-state index in [-0.39, 0.29) is 0 Å². The number of aliphatic hydroxyl groups excluding tert-OH is 1. The lowest BCUT2D eigenvalue weighted by atomic mass is 10.2. The van der Waals surface area contributed by atoms with Crippen LogP contribution in [0.25, 0.3) is 0 Å². The van der Waals surface area contributed by atoms with Gasteiger partial charge in [0.15, 0.2) is 5.82 Å². The number of aromatic nitrogens is 2. The number of hydrogen-bond acceptors (Lipinski definition) is 5. The van der Waals surface area contributed by atoms with Crippen molar-refractivity contribution in [3.05, 3.63) is 11.7 Å². The molecule has 1 aromatic heterocycles. The van der Waals surface area contributed by atoms with Crippen LogP contribution in [0.3, 0.4) is 0 Å². The topological polar surface area (TPSA) is 85.2 Å². The fourth-order valence-electron chi connectivity index (χ4n) is 0.934. The summed E-state index contributed by atoms with van der Waals surface area (Å²) in [4.78, 5) is 4.06. The maximum absolute atomic E-state index is 9.16. The third-order valence-corrected chi connectivity index (χ3v) is 1.76. The highest BCUT2D eigenvalue weighted by atomic mass is 16.5. The molecule has 2 atom stereocenters. The zero-order chi connectivity index (χ0) is 9.84. The Hall–Kier alpha value is -0.940. The van der Waals surface area contributed by atoms with E-state index in [1.165, 1.54) is 0 Å². The minimum atomic E-state index is -0.671. The lowest BCUT2D eigenvalue weighted by molar-refractivity contribution is 0.146. The van der Waals surface area contributed by atoms with Gasteiger partial charge in [-0.05, 0) is 13.3 Å². The van der Waals surface area contributed by atoms with Crippen LogP contribution in [0.4, 0.5) is 0 Å². The number of nitrogens with two attached hydrogens (primary N) is 1. The van der Waals surface area contributed by atoms with E-state index < -0.39 is 12.1 Å². The van der Waals surface area contributed by atoms with E-state index in [9.17, 15) is 0 Å². The van der Waals surface area contributed by atoms with Crippen LogP contribution in [0.1, 0.15) is 38.0 Å². The molecule has 3 N–H and O–H groups in total. The summed E-state index contributed by atoms with van der Waals surface area (Å²) in [6.07, 6.45) is 1.06.